The van der Waals surface area contributed by atoms with Crippen LogP contribution >= 0.6 is 15.9 Å². The Labute approximate surface area is 123 Å². The third-order valence-corrected chi connectivity index (χ3v) is 3.74. The second-order valence-electron chi connectivity index (χ2n) is 4.35. The molecule has 2 rings (SSSR count). The van der Waals surface area contributed by atoms with Crippen LogP contribution in [0, 0.1) is 11.6 Å². The standard InChI is InChI=1S/C15H11BrF2O2/c16-13-4-2-1-3-11(13)12(15(19)20)7-9-5-6-10(17)8-14(9)18/h1-6,8,12H,7H2,(H,19,20). The van der Waals surface area contributed by atoms with Crippen LogP contribution in [0.25, 0.3) is 0 Å². The topological polar surface area (TPSA) is 37.3 Å². The molecule has 2 aromatic rings. The maximum Gasteiger partial charge on any atom is 0.311 e. The molecular weight excluding hydrogens is 330 g/mol. The minimum Gasteiger partial charge on any atom is -0.481 e. The van der Waals surface area contributed by atoms with Crippen molar-refractivity contribution in [2.24, 2.45) is 0 Å². The van der Waals surface area contributed by atoms with Gasteiger partial charge in [0.05, 0.1) is 5.92 Å². The fourth-order valence-electron chi connectivity index (χ4n) is 2.00. The van der Waals surface area contributed by atoms with Gasteiger partial charge in [-0.05, 0) is 29.7 Å². The van der Waals surface area contributed by atoms with E-state index in [9.17, 15) is 18.7 Å². The molecule has 20 heavy (non-hydrogen) atoms. The molecular formula is C15H11BrF2O2. The molecule has 2 nitrogen and oxygen atoms in total. The predicted molar refractivity (Wildman–Crippen MR) is 74.6 cm³/mol. The zero-order valence-electron chi connectivity index (χ0n) is 10.3. The van der Waals surface area contributed by atoms with Crippen molar-refractivity contribution in [1.82, 2.24) is 0 Å². The number of aliphatic carboxylic acids is 1. The van der Waals surface area contributed by atoms with Gasteiger partial charge < -0.3 is 5.11 Å². The number of hydrogen-bond acceptors (Lipinski definition) is 1. The van der Waals surface area contributed by atoms with Gasteiger partial charge in [-0.25, -0.2) is 8.78 Å². The molecule has 1 atom stereocenters. The van der Waals surface area contributed by atoms with Crippen molar-refractivity contribution in [3.05, 3.63) is 69.7 Å². The fraction of sp³-hybridized carbons (Fsp3) is 0.133. The molecule has 0 aliphatic heterocycles. The molecule has 0 radical (unpaired) electrons. The first-order valence-electron chi connectivity index (χ1n) is 5.90. The van der Waals surface area contributed by atoms with Crippen molar-refractivity contribution in [3.63, 3.8) is 0 Å². The molecule has 104 valence electrons. The normalized spacial score (nSPS) is 12.2. The molecule has 0 aliphatic carbocycles. The summed E-state index contributed by atoms with van der Waals surface area (Å²) in [6.45, 7) is 0. The fourth-order valence-corrected chi connectivity index (χ4v) is 2.56. The van der Waals surface area contributed by atoms with Crippen molar-refractivity contribution >= 4 is 21.9 Å². The summed E-state index contributed by atoms with van der Waals surface area (Å²) in [6.07, 6.45) is -0.0376. The summed E-state index contributed by atoms with van der Waals surface area (Å²) in [5, 5.41) is 9.34. The summed E-state index contributed by atoms with van der Waals surface area (Å²) in [5.74, 6) is -3.37. The Morgan fingerprint density at radius 1 is 1.20 bits per heavy atom. The van der Waals surface area contributed by atoms with Crippen molar-refractivity contribution in [3.8, 4) is 0 Å². The van der Waals surface area contributed by atoms with E-state index in [1.165, 1.54) is 6.07 Å². The van der Waals surface area contributed by atoms with E-state index in [0.717, 1.165) is 12.1 Å². The molecule has 0 saturated heterocycles. The molecule has 1 unspecified atom stereocenters. The van der Waals surface area contributed by atoms with Gasteiger partial charge in [-0.1, -0.05) is 40.2 Å². The molecule has 2 aromatic carbocycles. The zero-order chi connectivity index (χ0) is 14.7. The quantitative estimate of drug-likeness (QED) is 0.908. The average Bonchev–Trinajstić information content (AvgIpc) is 2.39. The number of rotatable bonds is 4. The Morgan fingerprint density at radius 2 is 1.90 bits per heavy atom. The molecule has 0 aromatic heterocycles. The van der Waals surface area contributed by atoms with Gasteiger partial charge >= 0.3 is 5.97 Å². The minimum absolute atomic E-state index is 0.0376. The molecule has 5 heteroatoms. The Balaban J connectivity index is 2.36. The summed E-state index contributed by atoms with van der Waals surface area (Å²) < 4.78 is 27.2. The first-order valence-corrected chi connectivity index (χ1v) is 6.69. The lowest BCUT2D eigenvalue weighted by atomic mass is 9.92. The van der Waals surface area contributed by atoms with Gasteiger partial charge in [0, 0.05) is 10.5 Å². The van der Waals surface area contributed by atoms with Gasteiger partial charge in [0.25, 0.3) is 0 Å². The first kappa shape index (κ1) is 14.7. The van der Waals surface area contributed by atoms with Crippen molar-refractivity contribution in [2.45, 2.75) is 12.3 Å². The van der Waals surface area contributed by atoms with E-state index in [-0.39, 0.29) is 12.0 Å². The Kier molecular flexibility index (Phi) is 4.49. The largest absolute Gasteiger partial charge is 0.481 e. The Morgan fingerprint density at radius 3 is 2.50 bits per heavy atom. The highest BCUT2D eigenvalue weighted by atomic mass is 79.9. The van der Waals surface area contributed by atoms with Crippen molar-refractivity contribution in [1.29, 1.82) is 0 Å². The number of carboxylic acid groups (broad SMARTS) is 1. The molecule has 0 spiro atoms. The number of carbonyl (C=O) groups is 1. The first-order chi connectivity index (χ1) is 9.49. The maximum absolute atomic E-state index is 13.6. The van der Waals surface area contributed by atoms with Gasteiger partial charge in [-0.15, -0.1) is 0 Å². The monoisotopic (exact) mass is 340 g/mol. The molecule has 0 fully saturated rings. The summed E-state index contributed by atoms with van der Waals surface area (Å²) >= 11 is 3.29. The lowest BCUT2D eigenvalue weighted by Crippen LogP contribution is -2.15. The summed E-state index contributed by atoms with van der Waals surface area (Å²) in [4.78, 5) is 11.4. The lowest BCUT2D eigenvalue weighted by Gasteiger charge is -2.15. The van der Waals surface area contributed by atoms with E-state index in [1.807, 2.05) is 0 Å². The second-order valence-corrected chi connectivity index (χ2v) is 5.21. The molecule has 0 heterocycles. The van der Waals surface area contributed by atoms with E-state index >= 15 is 0 Å². The van der Waals surface area contributed by atoms with Crippen LogP contribution in [0.15, 0.2) is 46.9 Å². The van der Waals surface area contributed by atoms with E-state index in [4.69, 9.17) is 0 Å². The van der Waals surface area contributed by atoms with Crippen LogP contribution in [0.5, 0.6) is 0 Å². The third-order valence-electron chi connectivity index (χ3n) is 3.02. The SMILES string of the molecule is O=C(O)C(Cc1ccc(F)cc1F)c1ccccc1Br. The van der Waals surface area contributed by atoms with Crippen molar-refractivity contribution < 1.29 is 18.7 Å². The van der Waals surface area contributed by atoms with Crippen LogP contribution in [0.3, 0.4) is 0 Å². The van der Waals surface area contributed by atoms with Crippen LogP contribution in [0.1, 0.15) is 17.0 Å². The van der Waals surface area contributed by atoms with Crippen LogP contribution in [-0.2, 0) is 11.2 Å². The smallest absolute Gasteiger partial charge is 0.311 e. The molecule has 0 bridgehead atoms. The third kappa shape index (κ3) is 3.22. The summed E-state index contributed by atoms with van der Waals surface area (Å²) in [5.41, 5.74) is 0.735. The highest BCUT2D eigenvalue weighted by Crippen LogP contribution is 2.29. The maximum atomic E-state index is 13.6. The Bertz CT molecular complexity index is 644. The number of halogens is 3. The van der Waals surface area contributed by atoms with Gasteiger partial charge in [-0.3, -0.25) is 4.79 Å². The zero-order valence-corrected chi connectivity index (χ0v) is 11.9. The number of benzene rings is 2. The predicted octanol–water partition coefficient (Wildman–Crippen LogP) is 4.14. The highest BCUT2D eigenvalue weighted by molar-refractivity contribution is 9.10. The highest BCUT2D eigenvalue weighted by Gasteiger charge is 2.23. The average molecular weight is 341 g/mol. The van der Waals surface area contributed by atoms with Gasteiger partial charge in [0.2, 0.25) is 0 Å². The van der Waals surface area contributed by atoms with E-state index in [0.29, 0.717) is 10.0 Å². The van der Waals surface area contributed by atoms with Gasteiger partial charge in [0.15, 0.2) is 0 Å². The van der Waals surface area contributed by atoms with Crippen LogP contribution < -0.4 is 0 Å². The van der Waals surface area contributed by atoms with Crippen LogP contribution in [0.4, 0.5) is 8.78 Å². The second kappa shape index (κ2) is 6.13. The summed E-state index contributed by atoms with van der Waals surface area (Å²) in [6, 6.07) is 10.0. The van der Waals surface area contributed by atoms with Crippen LogP contribution in [-0.4, -0.2) is 11.1 Å². The molecule has 1 N–H and O–H groups in total. The van der Waals surface area contributed by atoms with Crippen LogP contribution in [0.2, 0.25) is 0 Å². The van der Waals surface area contributed by atoms with E-state index in [2.05, 4.69) is 15.9 Å². The van der Waals surface area contributed by atoms with E-state index in [1.54, 1.807) is 24.3 Å². The van der Waals surface area contributed by atoms with Crippen molar-refractivity contribution in [2.75, 3.05) is 0 Å². The number of hydrogen-bond donors (Lipinski definition) is 1. The minimum atomic E-state index is -1.05. The van der Waals surface area contributed by atoms with Gasteiger partial charge in [-0.2, -0.15) is 0 Å². The van der Waals surface area contributed by atoms with E-state index < -0.39 is 23.5 Å². The number of carboxylic acids is 1. The van der Waals surface area contributed by atoms with Gasteiger partial charge in [0.1, 0.15) is 11.6 Å². The molecule has 0 aliphatic rings. The summed E-state index contributed by atoms with van der Waals surface area (Å²) in [7, 11) is 0. The Hall–Kier alpha value is -1.75. The molecule has 0 amide bonds. The molecule has 0 saturated carbocycles. The lowest BCUT2D eigenvalue weighted by molar-refractivity contribution is -0.138.